The van der Waals surface area contributed by atoms with Crippen LogP contribution in [0.2, 0.25) is 0 Å². The maximum atomic E-state index is 12.3. The molecule has 0 unspecified atom stereocenters. The van der Waals surface area contributed by atoms with E-state index in [0.717, 1.165) is 31.7 Å². The summed E-state index contributed by atoms with van der Waals surface area (Å²) in [6.45, 7) is 1.89. The molecular weight excluding hydrogens is 256 g/mol. The Hall–Kier alpha value is -2.44. The van der Waals surface area contributed by atoms with Gasteiger partial charge in [-0.3, -0.25) is 4.79 Å². The molecular formula is C13H16N6O. The SMILES string of the molecule is O=C(Nc1cn[nH]n1)c1cccnc1N1CCCCC1. The Morgan fingerprint density at radius 1 is 1.30 bits per heavy atom. The number of carbonyl (C=O) groups is 1. The van der Waals surface area contributed by atoms with E-state index in [4.69, 9.17) is 0 Å². The van der Waals surface area contributed by atoms with Gasteiger partial charge in [-0.1, -0.05) is 0 Å². The average Bonchev–Trinajstić information content (AvgIpc) is 3.01. The minimum atomic E-state index is -0.215. The van der Waals surface area contributed by atoms with Crippen LogP contribution in [0.15, 0.2) is 24.5 Å². The Bertz CT molecular complexity index is 576. The number of pyridine rings is 1. The molecule has 1 aliphatic rings. The van der Waals surface area contributed by atoms with Gasteiger partial charge in [0.2, 0.25) is 0 Å². The standard InChI is InChI=1S/C13H16N6O/c20-13(16-11-9-15-18-17-11)10-5-4-6-14-12(10)19-7-2-1-3-8-19/h4-6,9H,1-3,7-8H2,(H2,15,16,17,18,20). The molecule has 0 spiro atoms. The van der Waals surface area contributed by atoms with Gasteiger partial charge >= 0.3 is 0 Å². The third-order valence-corrected chi connectivity index (χ3v) is 3.34. The number of carbonyl (C=O) groups excluding carboxylic acids is 1. The number of H-pyrrole nitrogens is 1. The van der Waals surface area contributed by atoms with E-state index in [1.54, 1.807) is 18.3 Å². The molecule has 0 atom stereocenters. The van der Waals surface area contributed by atoms with Crippen LogP contribution in [0, 0.1) is 0 Å². The van der Waals surface area contributed by atoms with E-state index in [1.165, 1.54) is 12.6 Å². The molecule has 1 fully saturated rings. The first-order valence-electron chi connectivity index (χ1n) is 6.72. The second-order valence-corrected chi connectivity index (χ2v) is 4.73. The zero-order valence-corrected chi connectivity index (χ0v) is 11.0. The normalized spacial score (nSPS) is 15.1. The van der Waals surface area contributed by atoms with Crippen LogP contribution in [0.5, 0.6) is 0 Å². The number of piperidine rings is 1. The minimum absolute atomic E-state index is 0.215. The molecule has 0 radical (unpaired) electrons. The van der Waals surface area contributed by atoms with Crippen LogP contribution in [-0.4, -0.2) is 39.4 Å². The predicted molar refractivity (Wildman–Crippen MR) is 74.6 cm³/mol. The highest BCUT2D eigenvalue weighted by molar-refractivity contribution is 6.07. The predicted octanol–water partition coefficient (Wildman–Crippen LogP) is 1.44. The van der Waals surface area contributed by atoms with Crippen molar-refractivity contribution in [3.63, 3.8) is 0 Å². The lowest BCUT2D eigenvalue weighted by atomic mass is 10.1. The summed E-state index contributed by atoms with van der Waals surface area (Å²) in [6.07, 6.45) is 6.71. The highest BCUT2D eigenvalue weighted by Crippen LogP contribution is 2.22. The van der Waals surface area contributed by atoms with Gasteiger partial charge in [-0.05, 0) is 31.4 Å². The van der Waals surface area contributed by atoms with Crippen molar-refractivity contribution in [3.05, 3.63) is 30.1 Å². The van der Waals surface area contributed by atoms with Crippen molar-refractivity contribution in [2.75, 3.05) is 23.3 Å². The Morgan fingerprint density at radius 3 is 2.90 bits per heavy atom. The number of nitrogens with one attached hydrogen (secondary N) is 2. The topological polar surface area (TPSA) is 86.8 Å². The van der Waals surface area contributed by atoms with Crippen LogP contribution in [0.1, 0.15) is 29.6 Å². The number of anilines is 2. The lowest BCUT2D eigenvalue weighted by molar-refractivity contribution is 0.102. The summed E-state index contributed by atoms with van der Waals surface area (Å²) in [5, 5.41) is 12.7. The molecule has 20 heavy (non-hydrogen) atoms. The first kappa shape index (κ1) is 12.6. The summed E-state index contributed by atoms with van der Waals surface area (Å²) in [7, 11) is 0. The third kappa shape index (κ3) is 2.61. The molecule has 2 N–H and O–H groups in total. The van der Waals surface area contributed by atoms with E-state index >= 15 is 0 Å². The number of rotatable bonds is 3. The van der Waals surface area contributed by atoms with Crippen molar-refractivity contribution in [2.24, 2.45) is 0 Å². The summed E-state index contributed by atoms with van der Waals surface area (Å²) in [5.41, 5.74) is 0.567. The molecule has 3 heterocycles. The van der Waals surface area contributed by atoms with E-state index in [1.807, 2.05) is 0 Å². The minimum Gasteiger partial charge on any atom is -0.356 e. The van der Waals surface area contributed by atoms with Crippen LogP contribution < -0.4 is 10.2 Å². The molecule has 3 rings (SSSR count). The number of amides is 1. The van der Waals surface area contributed by atoms with Crippen molar-refractivity contribution in [1.82, 2.24) is 20.4 Å². The van der Waals surface area contributed by atoms with Gasteiger partial charge in [0.05, 0.1) is 11.8 Å². The average molecular weight is 272 g/mol. The van der Waals surface area contributed by atoms with Gasteiger partial charge < -0.3 is 10.2 Å². The maximum absolute atomic E-state index is 12.3. The third-order valence-electron chi connectivity index (χ3n) is 3.34. The Balaban J connectivity index is 1.83. The zero-order chi connectivity index (χ0) is 13.8. The molecule has 104 valence electrons. The van der Waals surface area contributed by atoms with Gasteiger partial charge in [-0.2, -0.15) is 10.3 Å². The highest BCUT2D eigenvalue weighted by Gasteiger charge is 2.19. The largest absolute Gasteiger partial charge is 0.356 e. The zero-order valence-electron chi connectivity index (χ0n) is 11.0. The van der Waals surface area contributed by atoms with Gasteiger partial charge in [0.25, 0.3) is 5.91 Å². The monoisotopic (exact) mass is 272 g/mol. The summed E-state index contributed by atoms with van der Waals surface area (Å²) in [5.74, 6) is 0.934. The molecule has 1 saturated heterocycles. The van der Waals surface area contributed by atoms with Crippen LogP contribution in [0.25, 0.3) is 0 Å². The molecule has 7 heteroatoms. The van der Waals surface area contributed by atoms with Crippen molar-refractivity contribution in [2.45, 2.75) is 19.3 Å². The molecule has 0 aromatic carbocycles. The molecule has 1 aliphatic heterocycles. The second kappa shape index (κ2) is 5.68. The number of nitrogens with zero attached hydrogens (tertiary/aromatic N) is 4. The van der Waals surface area contributed by atoms with E-state index < -0.39 is 0 Å². The highest BCUT2D eigenvalue weighted by atomic mass is 16.1. The van der Waals surface area contributed by atoms with Crippen molar-refractivity contribution in [3.8, 4) is 0 Å². The lowest BCUT2D eigenvalue weighted by Gasteiger charge is -2.28. The number of aromatic nitrogens is 4. The summed E-state index contributed by atoms with van der Waals surface area (Å²) in [6, 6.07) is 3.55. The van der Waals surface area contributed by atoms with E-state index in [2.05, 4.69) is 30.6 Å². The number of hydrogen-bond acceptors (Lipinski definition) is 5. The van der Waals surface area contributed by atoms with Crippen LogP contribution in [0.4, 0.5) is 11.6 Å². The Morgan fingerprint density at radius 2 is 2.15 bits per heavy atom. The fraction of sp³-hybridized carbons (Fsp3) is 0.385. The van der Waals surface area contributed by atoms with E-state index in [0.29, 0.717) is 11.4 Å². The molecule has 0 aliphatic carbocycles. The van der Waals surface area contributed by atoms with Crippen LogP contribution in [0.3, 0.4) is 0 Å². The van der Waals surface area contributed by atoms with Gasteiger partial charge in [-0.15, -0.1) is 5.10 Å². The van der Waals surface area contributed by atoms with Gasteiger partial charge in [0, 0.05) is 19.3 Å². The molecule has 2 aromatic heterocycles. The van der Waals surface area contributed by atoms with Crippen molar-refractivity contribution in [1.29, 1.82) is 0 Å². The summed E-state index contributed by atoms with van der Waals surface area (Å²) in [4.78, 5) is 18.9. The van der Waals surface area contributed by atoms with Crippen molar-refractivity contribution >= 4 is 17.5 Å². The Kier molecular flexibility index (Phi) is 3.58. The lowest BCUT2D eigenvalue weighted by Crippen LogP contribution is -2.32. The second-order valence-electron chi connectivity index (χ2n) is 4.73. The van der Waals surface area contributed by atoms with E-state index in [9.17, 15) is 4.79 Å². The van der Waals surface area contributed by atoms with Crippen molar-refractivity contribution < 1.29 is 4.79 Å². The first-order chi connectivity index (χ1) is 9.84. The Labute approximate surface area is 116 Å². The fourth-order valence-corrected chi connectivity index (χ4v) is 2.38. The smallest absolute Gasteiger partial charge is 0.260 e. The van der Waals surface area contributed by atoms with E-state index in [-0.39, 0.29) is 5.91 Å². The molecule has 2 aromatic rings. The molecule has 0 saturated carbocycles. The summed E-state index contributed by atoms with van der Waals surface area (Å²) < 4.78 is 0. The first-order valence-corrected chi connectivity index (χ1v) is 6.72. The van der Waals surface area contributed by atoms with Gasteiger partial charge in [-0.25, -0.2) is 4.98 Å². The molecule has 7 nitrogen and oxygen atoms in total. The van der Waals surface area contributed by atoms with Gasteiger partial charge in [0.15, 0.2) is 5.82 Å². The fourth-order valence-electron chi connectivity index (χ4n) is 2.38. The van der Waals surface area contributed by atoms with Gasteiger partial charge in [0.1, 0.15) is 5.82 Å². The number of aromatic amines is 1. The van der Waals surface area contributed by atoms with Crippen LogP contribution in [-0.2, 0) is 0 Å². The number of hydrogen-bond donors (Lipinski definition) is 2. The molecule has 1 amide bonds. The maximum Gasteiger partial charge on any atom is 0.260 e. The van der Waals surface area contributed by atoms with Crippen LogP contribution >= 0.6 is 0 Å². The summed E-state index contributed by atoms with van der Waals surface area (Å²) >= 11 is 0. The quantitative estimate of drug-likeness (QED) is 0.883. The molecule has 0 bridgehead atoms.